The van der Waals surface area contributed by atoms with Crippen LogP contribution in [-0.4, -0.2) is 40.9 Å². The normalized spacial score (nSPS) is 12.5. The zero-order chi connectivity index (χ0) is 23.7. The van der Waals surface area contributed by atoms with E-state index in [4.69, 9.17) is 15.7 Å². The van der Waals surface area contributed by atoms with Gasteiger partial charge < -0.3 is 10.8 Å². The van der Waals surface area contributed by atoms with E-state index in [1.807, 2.05) is 72.2 Å². The number of fused-ring (bicyclic) bond motifs is 2. The molecule has 5 rings (SSSR count). The third-order valence-electron chi connectivity index (χ3n) is 5.47. The number of hydrogen-bond donors (Lipinski definition) is 2. The van der Waals surface area contributed by atoms with Crippen LogP contribution >= 0.6 is 0 Å². The molecule has 34 heavy (non-hydrogen) atoms. The molecule has 0 saturated carbocycles. The molecule has 0 aliphatic rings. The number of nitrogens with zero attached hydrogens (tertiary/aromatic N) is 7. The first kappa shape index (κ1) is 21.2. The molecule has 0 aliphatic heterocycles. The molecule has 3 aromatic heterocycles. The highest BCUT2D eigenvalue weighted by atomic mass is 16.3. The third kappa shape index (κ3) is 3.63. The van der Waals surface area contributed by atoms with Gasteiger partial charge in [0.05, 0.1) is 12.1 Å². The van der Waals surface area contributed by atoms with Crippen molar-refractivity contribution in [2.24, 2.45) is 10.7 Å². The summed E-state index contributed by atoms with van der Waals surface area (Å²) in [7, 11) is 0. The average Bonchev–Trinajstić information content (AvgIpc) is 3.48. The monoisotopic (exact) mass is 450 g/mol. The Balaban J connectivity index is 1.76. The Labute approximate surface area is 195 Å². The number of rotatable bonds is 6. The van der Waals surface area contributed by atoms with Crippen LogP contribution in [0.4, 0.5) is 0 Å². The first-order chi connectivity index (χ1) is 16.6. The van der Waals surface area contributed by atoms with E-state index in [1.165, 1.54) is 6.21 Å². The number of allylic oxidation sites excluding steroid dienone is 2. The molecule has 0 atom stereocenters. The van der Waals surface area contributed by atoms with E-state index in [9.17, 15) is 5.11 Å². The van der Waals surface area contributed by atoms with Crippen molar-refractivity contribution in [2.45, 2.75) is 13.5 Å². The van der Waals surface area contributed by atoms with Crippen molar-refractivity contribution in [1.29, 1.82) is 0 Å². The summed E-state index contributed by atoms with van der Waals surface area (Å²) in [4.78, 5) is 13.9. The molecule has 0 spiro atoms. The minimum absolute atomic E-state index is 0.0399. The number of imidazole rings is 1. The van der Waals surface area contributed by atoms with Gasteiger partial charge in [0.1, 0.15) is 22.7 Å². The van der Waals surface area contributed by atoms with Gasteiger partial charge in [0.25, 0.3) is 0 Å². The summed E-state index contributed by atoms with van der Waals surface area (Å²) >= 11 is 0. The Morgan fingerprint density at radius 3 is 2.62 bits per heavy atom. The maximum atomic E-state index is 9.46. The number of nitrogens with two attached hydrogens (primary N) is 1. The first-order valence-electron chi connectivity index (χ1n) is 10.6. The van der Waals surface area contributed by atoms with E-state index in [0.29, 0.717) is 34.2 Å². The predicted molar refractivity (Wildman–Crippen MR) is 133 cm³/mol. The zero-order valence-electron chi connectivity index (χ0n) is 18.5. The van der Waals surface area contributed by atoms with Crippen LogP contribution in [-0.2, 0) is 6.61 Å². The lowest BCUT2D eigenvalue weighted by molar-refractivity contribution is 0.282. The Bertz CT molecular complexity index is 1570. The molecule has 2 aromatic carbocycles. The standard InChI is InChI=1S/C25H22N8O/c1-3-14-27-23(26)16(2)24-28-20-12-13-22(33-21-7-5-4-6-19(21)30-31-33)29-25(20)32(24)18-10-8-17(15-34)9-11-18/h3-14,34H,1,15,26H2,2H3/b23-16+,27-14-. The quantitative estimate of drug-likeness (QED) is 0.382. The summed E-state index contributed by atoms with van der Waals surface area (Å²) in [5, 5.41) is 18.0. The van der Waals surface area contributed by atoms with E-state index in [2.05, 4.69) is 21.9 Å². The van der Waals surface area contributed by atoms with Gasteiger partial charge in [-0.25, -0.2) is 15.0 Å². The number of aliphatic hydroxyl groups is 1. The van der Waals surface area contributed by atoms with Gasteiger partial charge in [-0.05, 0) is 48.9 Å². The molecule has 0 unspecified atom stereocenters. The maximum Gasteiger partial charge on any atom is 0.167 e. The molecule has 0 bridgehead atoms. The van der Waals surface area contributed by atoms with Gasteiger partial charge in [0.15, 0.2) is 11.5 Å². The highest BCUT2D eigenvalue weighted by Gasteiger charge is 2.18. The van der Waals surface area contributed by atoms with Crippen LogP contribution in [0.5, 0.6) is 0 Å². The van der Waals surface area contributed by atoms with Crippen molar-refractivity contribution in [2.75, 3.05) is 0 Å². The molecule has 5 aromatic rings. The number of para-hydroxylation sites is 1. The zero-order valence-corrected chi connectivity index (χ0v) is 18.5. The lowest BCUT2D eigenvalue weighted by atomic mass is 10.2. The molecule has 168 valence electrons. The Hall–Kier alpha value is -4.63. The molecule has 0 saturated heterocycles. The van der Waals surface area contributed by atoms with Gasteiger partial charge >= 0.3 is 0 Å². The van der Waals surface area contributed by atoms with Crippen molar-refractivity contribution in [1.82, 2.24) is 29.5 Å². The van der Waals surface area contributed by atoms with E-state index in [0.717, 1.165) is 22.3 Å². The van der Waals surface area contributed by atoms with Crippen LogP contribution in [0.2, 0.25) is 0 Å². The molecule has 3 N–H and O–H groups in total. The average molecular weight is 451 g/mol. The van der Waals surface area contributed by atoms with Gasteiger partial charge in [-0.2, -0.15) is 4.68 Å². The van der Waals surface area contributed by atoms with Crippen molar-refractivity contribution in [3.05, 3.63) is 90.5 Å². The van der Waals surface area contributed by atoms with Gasteiger partial charge in [-0.15, -0.1) is 5.10 Å². The van der Waals surface area contributed by atoms with Gasteiger partial charge in [-0.3, -0.25) is 4.57 Å². The van der Waals surface area contributed by atoms with Crippen LogP contribution < -0.4 is 5.73 Å². The second kappa shape index (κ2) is 8.72. The Morgan fingerprint density at radius 2 is 1.85 bits per heavy atom. The largest absolute Gasteiger partial charge is 0.392 e. The highest BCUT2D eigenvalue weighted by molar-refractivity contribution is 5.82. The number of aliphatic imine (C=N–C) groups is 1. The minimum Gasteiger partial charge on any atom is -0.392 e. The number of hydrogen-bond acceptors (Lipinski definition) is 7. The lowest BCUT2D eigenvalue weighted by Gasteiger charge is -2.11. The summed E-state index contributed by atoms with van der Waals surface area (Å²) in [5.74, 6) is 1.55. The fraction of sp³-hybridized carbons (Fsp3) is 0.0800. The second-order valence-corrected chi connectivity index (χ2v) is 7.62. The number of benzene rings is 2. The number of aromatic nitrogens is 6. The fourth-order valence-electron chi connectivity index (χ4n) is 3.69. The number of pyridine rings is 1. The molecular formula is C25H22N8O. The van der Waals surface area contributed by atoms with E-state index >= 15 is 0 Å². The van der Waals surface area contributed by atoms with Gasteiger partial charge in [0.2, 0.25) is 0 Å². The third-order valence-corrected chi connectivity index (χ3v) is 5.47. The predicted octanol–water partition coefficient (Wildman–Crippen LogP) is 3.55. The molecule has 3 heterocycles. The molecule has 9 nitrogen and oxygen atoms in total. The molecule has 0 radical (unpaired) electrons. The Kier molecular flexibility index (Phi) is 5.44. The smallest absolute Gasteiger partial charge is 0.167 e. The van der Waals surface area contributed by atoms with Crippen LogP contribution in [0.15, 0.2) is 84.1 Å². The van der Waals surface area contributed by atoms with Gasteiger partial charge in [-0.1, -0.05) is 42.1 Å². The van der Waals surface area contributed by atoms with Crippen molar-refractivity contribution in [3.63, 3.8) is 0 Å². The topological polar surface area (TPSA) is 120 Å². The second-order valence-electron chi connectivity index (χ2n) is 7.62. The van der Waals surface area contributed by atoms with Crippen LogP contribution in [0.3, 0.4) is 0 Å². The number of aliphatic hydroxyl groups excluding tert-OH is 1. The molecule has 0 aliphatic carbocycles. The Morgan fingerprint density at radius 1 is 1.06 bits per heavy atom. The summed E-state index contributed by atoms with van der Waals surface area (Å²) in [6, 6.07) is 19.0. The SMILES string of the molecule is C=C/C=N\C(N)=C(/C)c1nc2ccc(-n3nnc4ccccc43)nc2n1-c1ccc(CO)cc1. The summed E-state index contributed by atoms with van der Waals surface area (Å²) in [5.41, 5.74) is 11.5. The molecule has 0 fully saturated rings. The van der Waals surface area contributed by atoms with Crippen LogP contribution in [0, 0.1) is 0 Å². The molecule has 9 heteroatoms. The van der Waals surface area contributed by atoms with E-state index in [-0.39, 0.29) is 6.61 Å². The lowest BCUT2D eigenvalue weighted by Crippen LogP contribution is -2.06. The van der Waals surface area contributed by atoms with E-state index in [1.54, 1.807) is 10.8 Å². The maximum absolute atomic E-state index is 9.46. The summed E-state index contributed by atoms with van der Waals surface area (Å²) < 4.78 is 3.62. The molecular weight excluding hydrogens is 428 g/mol. The minimum atomic E-state index is -0.0399. The van der Waals surface area contributed by atoms with Gasteiger partial charge in [0, 0.05) is 17.5 Å². The fourth-order valence-corrected chi connectivity index (χ4v) is 3.69. The van der Waals surface area contributed by atoms with Crippen LogP contribution in [0.25, 0.3) is 39.3 Å². The van der Waals surface area contributed by atoms with Crippen molar-refractivity contribution >= 4 is 34.0 Å². The first-order valence-corrected chi connectivity index (χ1v) is 10.6. The highest BCUT2D eigenvalue weighted by Crippen LogP contribution is 2.27. The summed E-state index contributed by atoms with van der Waals surface area (Å²) in [6.07, 6.45) is 3.10. The van der Waals surface area contributed by atoms with Crippen LogP contribution in [0.1, 0.15) is 18.3 Å². The summed E-state index contributed by atoms with van der Waals surface area (Å²) in [6.45, 7) is 5.47. The van der Waals surface area contributed by atoms with Crippen molar-refractivity contribution < 1.29 is 5.11 Å². The molecule has 0 amide bonds. The van der Waals surface area contributed by atoms with E-state index < -0.39 is 0 Å². The van der Waals surface area contributed by atoms with Crippen molar-refractivity contribution in [3.8, 4) is 11.5 Å².